The Bertz CT molecular complexity index is 1660. The second kappa shape index (κ2) is 19.2. The molecule has 0 aliphatic heterocycles. The van der Waals surface area contributed by atoms with Crippen molar-refractivity contribution in [1.29, 1.82) is 0 Å². The average molecular weight is 937 g/mol. The summed E-state index contributed by atoms with van der Waals surface area (Å²) >= 11 is -2.52. The van der Waals surface area contributed by atoms with Crippen LogP contribution in [0.1, 0.15) is 132 Å². The third-order valence-corrected chi connectivity index (χ3v) is 21.6. The maximum absolute atomic E-state index is 2.58. The van der Waals surface area contributed by atoms with Crippen LogP contribution in [0.2, 0.25) is 0 Å². The molecule has 2 unspecified atom stereocenters. The van der Waals surface area contributed by atoms with E-state index in [4.69, 9.17) is 0 Å². The van der Waals surface area contributed by atoms with Crippen molar-refractivity contribution in [2.45, 2.75) is 110 Å². The van der Waals surface area contributed by atoms with Crippen molar-refractivity contribution in [2.24, 2.45) is 21.7 Å². The number of rotatable bonds is 4. The van der Waals surface area contributed by atoms with E-state index in [0.29, 0.717) is 7.25 Å². The summed E-state index contributed by atoms with van der Waals surface area (Å²) in [6.07, 6.45) is 17.1. The molecule has 0 saturated heterocycles. The van der Waals surface area contributed by atoms with Gasteiger partial charge in [0.15, 0.2) is 0 Å². The molecule has 6 rings (SSSR count). The van der Waals surface area contributed by atoms with Gasteiger partial charge >= 0.3 is 316 Å². The van der Waals surface area contributed by atoms with E-state index >= 15 is 0 Å². The Balaban J connectivity index is 0.000000492. The zero-order valence-corrected chi connectivity index (χ0v) is 41.7. The zero-order valence-electron chi connectivity index (χ0n) is 33.7. The maximum Gasteiger partial charge on any atom is -1.00 e. The summed E-state index contributed by atoms with van der Waals surface area (Å²) in [5.74, 6) is 0. The molecule has 0 spiro atoms. The minimum atomic E-state index is -1.76. The van der Waals surface area contributed by atoms with Crippen LogP contribution < -0.4 is 49.6 Å². The summed E-state index contributed by atoms with van der Waals surface area (Å²) in [6.45, 7) is 31.1. The minimum absolute atomic E-state index is 0. The third-order valence-electron chi connectivity index (χ3n) is 10.2. The molecule has 280 valence electrons. The topological polar surface area (TPSA) is 0 Å². The molecule has 4 aliphatic carbocycles. The molecule has 6 heteroatoms. The van der Waals surface area contributed by atoms with Crippen molar-refractivity contribution in [3.05, 3.63) is 124 Å². The second-order valence-electron chi connectivity index (χ2n) is 18.2. The molecular weight excluding hydrogens is 877 g/mol. The van der Waals surface area contributed by atoms with Crippen LogP contribution >= 0.6 is 0 Å². The van der Waals surface area contributed by atoms with Crippen molar-refractivity contribution in [3.63, 3.8) is 0 Å². The standard InChI is InChI=1S/2C13H21.2C9H7.C2H4.4ClH.2Zr/c2*1-12(2,3)10-8-7-9-11(10)13(4,5)6;2*1-2-5-9-7-3-6-8(9)4-1;1-2;;;;;;/h2*8H,7H2,1-6H3;2*1-7H;1H,2H3;4*1H;;/q;;;;;;;;;;+4/p-4. The molecule has 0 N–H and O–H groups in total. The molecule has 2 aromatic carbocycles. The van der Waals surface area contributed by atoms with Crippen LogP contribution in [0.3, 0.4) is 0 Å². The first-order valence-electron chi connectivity index (χ1n) is 18.2. The monoisotopic (exact) mass is 932 g/mol. The fourth-order valence-electron chi connectivity index (χ4n) is 8.26. The summed E-state index contributed by atoms with van der Waals surface area (Å²) in [4.78, 5) is 0. The van der Waals surface area contributed by atoms with E-state index < -0.39 is 44.5 Å². The molecule has 52 heavy (non-hydrogen) atoms. The van der Waals surface area contributed by atoms with Gasteiger partial charge in [0, 0.05) is 0 Å². The Morgan fingerprint density at radius 1 is 0.538 bits per heavy atom. The van der Waals surface area contributed by atoms with Gasteiger partial charge in [0.05, 0.1) is 0 Å². The fourth-order valence-corrected chi connectivity index (χ4v) is 20.6. The molecule has 0 amide bonds. The van der Waals surface area contributed by atoms with E-state index in [0.717, 1.165) is 0 Å². The summed E-state index contributed by atoms with van der Waals surface area (Å²) in [7, 11) is 0. The van der Waals surface area contributed by atoms with Crippen molar-refractivity contribution < 1.29 is 94.1 Å². The van der Waals surface area contributed by atoms with E-state index in [9.17, 15) is 0 Å². The van der Waals surface area contributed by atoms with Crippen molar-refractivity contribution in [2.75, 3.05) is 0 Å². The summed E-state index contributed by atoms with van der Waals surface area (Å²) < 4.78 is 7.62. The molecule has 0 nitrogen and oxygen atoms in total. The molecule has 0 saturated carbocycles. The van der Waals surface area contributed by atoms with Gasteiger partial charge in [-0.15, -0.1) is 0 Å². The van der Waals surface area contributed by atoms with Crippen LogP contribution in [0, 0.1) is 21.7 Å². The first-order chi connectivity index (χ1) is 22.3. The molecule has 0 radical (unpaired) electrons. The van der Waals surface area contributed by atoms with Crippen molar-refractivity contribution >= 4 is 15.9 Å². The fraction of sp³-hybridized carbons (Fsp3) is 0.457. The Labute approximate surface area is 362 Å². The van der Waals surface area contributed by atoms with Crippen LogP contribution in [0.4, 0.5) is 0 Å². The quantitative estimate of drug-likeness (QED) is 0.436. The van der Waals surface area contributed by atoms with Crippen LogP contribution in [0.5, 0.6) is 0 Å². The molecule has 0 bridgehead atoms. The van der Waals surface area contributed by atoms with Gasteiger partial charge in [0.2, 0.25) is 0 Å². The molecule has 0 heterocycles. The Morgan fingerprint density at radius 2 is 0.885 bits per heavy atom. The van der Waals surface area contributed by atoms with Crippen molar-refractivity contribution in [3.8, 4) is 0 Å². The van der Waals surface area contributed by atoms with Crippen LogP contribution in [-0.2, 0) is 44.5 Å². The molecule has 2 atom stereocenters. The zero-order chi connectivity index (χ0) is 35.2. The largest absolute Gasteiger partial charge is 1.00 e. The van der Waals surface area contributed by atoms with Gasteiger partial charge in [-0.05, 0) is 0 Å². The van der Waals surface area contributed by atoms with Gasteiger partial charge < -0.3 is 49.6 Å². The summed E-state index contributed by atoms with van der Waals surface area (Å²) in [5, 5.41) is 0. The summed E-state index contributed by atoms with van der Waals surface area (Å²) in [5.41, 5.74) is 13.6. The van der Waals surface area contributed by atoms with Gasteiger partial charge in [-0.2, -0.15) is 0 Å². The van der Waals surface area contributed by atoms with E-state index in [1.807, 2.05) is 6.56 Å². The average Bonchev–Trinajstić information content (AvgIpc) is 3.78. The predicted molar refractivity (Wildman–Crippen MR) is 205 cm³/mol. The van der Waals surface area contributed by atoms with Gasteiger partial charge in [-0.1, -0.05) is 0 Å². The van der Waals surface area contributed by atoms with Crippen LogP contribution in [-0.4, -0.2) is 3.71 Å². The Morgan fingerprint density at radius 3 is 1.19 bits per heavy atom. The summed E-state index contributed by atoms with van der Waals surface area (Å²) in [6, 6.07) is 17.8. The van der Waals surface area contributed by atoms with Gasteiger partial charge in [-0.3, -0.25) is 0 Å². The smallest absolute Gasteiger partial charge is 1.00 e. The van der Waals surface area contributed by atoms with Gasteiger partial charge in [0.25, 0.3) is 0 Å². The number of hydrogen-bond donors (Lipinski definition) is 0. The number of hydrogen-bond acceptors (Lipinski definition) is 0. The van der Waals surface area contributed by atoms with Crippen molar-refractivity contribution in [1.82, 2.24) is 0 Å². The Hall–Kier alpha value is -0.324. The van der Waals surface area contributed by atoms with E-state index in [1.165, 1.54) is 24.0 Å². The number of benzene rings is 2. The number of halogens is 4. The van der Waals surface area contributed by atoms with Gasteiger partial charge in [-0.25, -0.2) is 0 Å². The SMILES string of the molecule is CC(C)(C)C1=CC[C]([Zr+4][C]2=C(C(C)(C)C)C(C(C)(C)C)=CC2)=C1C(C)(C)C.C[CH]=[Zr]([CH]1C=Cc2ccccc21)[CH]1C=Cc2ccccc21.[Cl-].[Cl-].[Cl-].[Cl-]. The minimum Gasteiger partial charge on any atom is -1.00 e. The van der Waals surface area contributed by atoms with E-state index in [1.54, 1.807) is 33.4 Å². The first kappa shape index (κ1) is 49.7. The molecule has 0 fully saturated rings. The first-order valence-corrected chi connectivity index (χ1v) is 24.9. The second-order valence-corrected chi connectivity index (χ2v) is 28.7. The molecule has 2 aromatic rings. The molecule has 0 aromatic heterocycles. The molecule has 4 aliphatic rings. The van der Waals surface area contributed by atoms with E-state index in [2.05, 4.69) is 179 Å². The number of fused-ring (bicyclic) bond motifs is 2. The number of allylic oxidation sites excluding steroid dienone is 10. The maximum atomic E-state index is 2.58. The predicted octanol–water partition coefficient (Wildman–Crippen LogP) is 1.40. The van der Waals surface area contributed by atoms with E-state index in [-0.39, 0.29) is 71.3 Å². The third kappa shape index (κ3) is 11.0. The normalized spacial score (nSPS) is 18.9. The Kier molecular flexibility index (Phi) is 18.4. The van der Waals surface area contributed by atoms with Crippen LogP contribution in [0.15, 0.2) is 102 Å². The van der Waals surface area contributed by atoms with Crippen LogP contribution in [0.25, 0.3) is 12.2 Å². The van der Waals surface area contributed by atoms with Gasteiger partial charge in [0.1, 0.15) is 0 Å². The molecular formula is C46H60Cl4Zr2.